The van der Waals surface area contributed by atoms with Crippen molar-refractivity contribution in [2.45, 2.75) is 26.3 Å². The summed E-state index contributed by atoms with van der Waals surface area (Å²) >= 11 is 0. The van der Waals surface area contributed by atoms with Crippen LogP contribution in [0.1, 0.15) is 20.3 Å². The first-order chi connectivity index (χ1) is 6.70. The number of rotatable bonds is 2. The molecule has 0 aliphatic carbocycles. The van der Waals surface area contributed by atoms with Crippen molar-refractivity contribution in [3.05, 3.63) is 0 Å². The van der Waals surface area contributed by atoms with Crippen molar-refractivity contribution in [3.63, 3.8) is 0 Å². The van der Waals surface area contributed by atoms with E-state index in [1.807, 2.05) is 0 Å². The monoisotopic (exact) mass is 197 g/mol. The lowest BCUT2D eigenvalue weighted by molar-refractivity contribution is 0.115. The van der Waals surface area contributed by atoms with E-state index in [2.05, 4.69) is 29.4 Å². The average Bonchev–Trinajstić information content (AvgIpc) is 2.57. The van der Waals surface area contributed by atoms with Crippen LogP contribution in [0.5, 0.6) is 0 Å². The Morgan fingerprint density at radius 1 is 1.36 bits per heavy atom. The molecule has 0 spiro atoms. The number of piperazine rings is 1. The minimum absolute atomic E-state index is 0.519. The summed E-state index contributed by atoms with van der Waals surface area (Å²) in [5.41, 5.74) is 0.519. The van der Waals surface area contributed by atoms with E-state index in [1.165, 1.54) is 32.6 Å². The quantitative estimate of drug-likeness (QED) is 0.666. The summed E-state index contributed by atoms with van der Waals surface area (Å²) in [7, 11) is 0. The molecular weight excluding hydrogens is 174 g/mol. The Balaban J connectivity index is 1.88. The first-order valence-electron chi connectivity index (χ1n) is 5.85. The largest absolute Gasteiger partial charge is 0.316 e. The molecule has 2 atom stereocenters. The van der Waals surface area contributed by atoms with Crippen LogP contribution in [0.25, 0.3) is 0 Å². The van der Waals surface area contributed by atoms with Gasteiger partial charge in [0.25, 0.3) is 0 Å². The molecule has 0 bridgehead atoms. The van der Waals surface area contributed by atoms with Gasteiger partial charge in [-0.1, -0.05) is 6.92 Å². The summed E-state index contributed by atoms with van der Waals surface area (Å²) in [6, 6.07) is 0.709. The van der Waals surface area contributed by atoms with Gasteiger partial charge in [-0.3, -0.25) is 4.90 Å². The van der Waals surface area contributed by atoms with E-state index in [0.29, 0.717) is 11.5 Å². The van der Waals surface area contributed by atoms with E-state index in [9.17, 15) is 0 Å². The first-order valence-corrected chi connectivity index (χ1v) is 5.85. The number of nitrogens with one attached hydrogen (secondary N) is 2. The molecular formula is C11H23N3. The highest BCUT2D eigenvalue weighted by atomic mass is 15.2. The average molecular weight is 197 g/mol. The van der Waals surface area contributed by atoms with Crippen LogP contribution < -0.4 is 10.6 Å². The van der Waals surface area contributed by atoms with Crippen LogP contribution in [0, 0.1) is 5.41 Å². The molecule has 2 saturated heterocycles. The second-order valence-electron chi connectivity index (χ2n) is 5.26. The molecule has 0 saturated carbocycles. The smallest absolute Gasteiger partial charge is 0.0193 e. The Bertz CT molecular complexity index is 187. The summed E-state index contributed by atoms with van der Waals surface area (Å²) in [4.78, 5) is 2.64. The third-order valence-electron chi connectivity index (χ3n) is 3.68. The van der Waals surface area contributed by atoms with Gasteiger partial charge in [0.2, 0.25) is 0 Å². The van der Waals surface area contributed by atoms with Gasteiger partial charge in [0, 0.05) is 38.8 Å². The van der Waals surface area contributed by atoms with Gasteiger partial charge < -0.3 is 10.6 Å². The Hall–Kier alpha value is -0.120. The number of hydrogen-bond acceptors (Lipinski definition) is 3. The predicted molar refractivity (Wildman–Crippen MR) is 59.5 cm³/mol. The minimum Gasteiger partial charge on any atom is -0.316 e. The molecule has 3 nitrogen and oxygen atoms in total. The van der Waals surface area contributed by atoms with Gasteiger partial charge in [0.15, 0.2) is 0 Å². The van der Waals surface area contributed by atoms with Gasteiger partial charge in [0.05, 0.1) is 0 Å². The van der Waals surface area contributed by atoms with Crippen molar-refractivity contribution >= 4 is 0 Å². The number of nitrogens with zero attached hydrogens (tertiary/aromatic N) is 1. The molecule has 82 valence electrons. The lowest BCUT2D eigenvalue weighted by atomic mass is 9.88. The van der Waals surface area contributed by atoms with Crippen molar-refractivity contribution in [3.8, 4) is 0 Å². The van der Waals surface area contributed by atoms with Gasteiger partial charge in [-0.15, -0.1) is 0 Å². The van der Waals surface area contributed by atoms with Crippen molar-refractivity contribution in [2.24, 2.45) is 5.41 Å². The van der Waals surface area contributed by atoms with Gasteiger partial charge >= 0.3 is 0 Å². The summed E-state index contributed by atoms with van der Waals surface area (Å²) in [5.74, 6) is 0. The molecule has 2 fully saturated rings. The molecule has 2 rings (SSSR count). The van der Waals surface area contributed by atoms with Crippen molar-refractivity contribution in [1.29, 1.82) is 0 Å². The predicted octanol–water partition coefficient (Wildman–Crippen LogP) is 0.280. The molecule has 0 radical (unpaired) electrons. The molecule has 2 aliphatic rings. The SMILES string of the molecule is CC1CNCCN1CC1(C)CCNC1. The summed E-state index contributed by atoms with van der Waals surface area (Å²) in [6.07, 6.45) is 1.34. The molecule has 3 heteroatoms. The zero-order chi connectivity index (χ0) is 10.0. The summed E-state index contributed by atoms with van der Waals surface area (Å²) in [5, 5.41) is 6.92. The van der Waals surface area contributed by atoms with E-state index < -0.39 is 0 Å². The zero-order valence-electron chi connectivity index (χ0n) is 9.47. The summed E-state index contributed by atoms with van der Waals surface area (Å²) < 4.78 is 0. The maximum absolute atomic E-state index is 3.47. The summed E-state index contributed by atoms with van der Waals surface area (Å²) in [6.45, 7) is 12.0. The van der Waals surface area contributed by atoms with Gasteiger partial charge in [-0.2, -0.15) is 0 Å². The van der Waals surface area contributed by atoms with Gasteiger partial charge in [0.1, 0.15) is 0 Å². The number of hydrogen-bond donors (Lipinski definition) is 2. The molecule has 2 N–H and O–H groups in total. The van der Waals surface area contributed by atoms with Crippen LogP contribution in [0.3, 0.4) is 0 Å². The van der Waals surface area contributed by atoms with Crippen molar-refractivity contribution in [2.75, 3.05) is 39.3 Å². The van der Waals surface area contributed by atoms with Crippen LogP contribution in [0.4, 0.5) is 0 Å². The second-order valence-corrected chi connectivity index (χ2v) is 5.26. The standard InChI is InChI=1S/C11H23N3/c1-10-7-12-5-6-14(10)9-11(2)3-4-13-8-11/h10,12-13H,3-9H2,1-2H3. The van der Waals surface area contributed by atoms with Crippen LogP contribution in [-0.4, -0.2) is 50.2 Å². The molecule has 14 heavy (non-hydrogen) atoms. The minimum atomic E-state index is 0.519. The maximum atomic E-state index is 3.47. The molecule has 2 aliphatic heterocycles. The van der Waals surface area contributed by atoms with Gasteiger partial charge in [-0.25, -0.2) is 0 Å². The highest BCUT2D eigenvalue weighted by Gasteiger charge is 2.32. The lowest BCUT2D eigenvalue weighted by Gasteiger charge is -2.39. The van der Waals surface area contributed by atoms with Crippen molar-refractivity contribution < 1.29 is 0 Å². The third kappa shape index (κ3) is 2.27. The fourth-order valence-corrected chi connectivity index (χ4v) is 2.61. The first kappa shape index (κ1) is 10.4. The van der Waals surface area contributed by atoms with Crippen LogP contribution in [-0.2, 0) is 0 Å². The Labute approximate surface area is 87.2 Å². The van der Waals surface area contributed by atoms with Crippen LogP contribution >= 0.6 is 0 Å². The molecule has 0 aromatic heterocycles. The topological polar surface area (TPSA) is 27.3 Å². The Morgan fingerprint density at radius 2 is 2.21 bits per heavy atom. The molecule has 0 aromatic rings. The normalized spacial score (nSPS) is 40.3. The molecule has 0 aromatic carbocycles. The van der Waals surface area contributed by atoms with Crippen LogP contribution in [0.15, 0.2) is 0 Å². The third-order valence-corrected chi connectivity index (χ3v) is 3.68. The van der Waals surface area contributed by atoms with Crippen LogP contribution in [0.2, 0.25) is 0 Å². The Kier molecular flexibility index (Phi) is 3.10. The molecule has 2 heterocycles. The van der Waals surface area contributed by atoms with E-state index in [0.717, 1.165) is 13.1 Å². The zero-order valence-corrected chi connectivity index (χ0v) is 9.47. The van der Waals surface area contributed by atoms with Crippen molar-refractivity contribution in [1.82, 2.24) is 15.5 Å². The molecule has 0 amide bonds. The highest BCUT2D eigenvalue weighted by Crippen LogP contribution is 2.26. The van der Waals surface area contributed by atoms with E-state index in [-0.39, 0.29) is 0 Å². The van der Waals surface area contributed by atoms with Gasteiger partial charge in [-0.05, 0) is 25.3 Å². The highest BCUT2D eigenvalue weighted by molar-refractivity contribution is 4.89. The molecule has 2 unspecified atom stereocenters. The van der Waals surface area contributed by atoms with E-state index in [1.54, 1.807) is 0 Å². The second kappa shape index (κ2) is 4.17. The Morgan fingerprint density at radius 3 is 2.86 bits per heavy atom. The van der Waals surface area contributed by atoms with E-state index in [4.69, 9.17) is 0 Å². The fraction of sp³-hybridized carbons (Fsp3) is 1.00. The maximum Gasteiger partial charge on any atom is 0.0193 e. The fourth-order valence-electron chi connectivity index (χ4n) is 2.61. The van der Waals surface area contributed by atoms with E-state index >= 15 is 0 Å². The lowest BCUT2D eigenvalue weighted by Crippen LogP contribution is -2.53.